The van der Waals surface area contributed by atoms with Crippen LogP contribution in [0.1, 0.15) is 34.1 Å². The van der Waals surface area contributed by atoms with Gasteiger partial charge in [0.1, 0.15) is 17.7 Å². The second-order valence-corrected chi connectivity index (χ2v) is 5.53. The molecule has 1 heterocycles. The number of hydrogen-bond donors (Lipinski definition) is 2. The summed E-state index contributed by atoms with van der Waals surface area (Å²) in [6.07, 6.45) is -0.286. The molecule has 2 amide bonds. The van der Waals surface area contributed by atoms with E-state index in [1.54, 1.807) is 20.8 Å². The van der Waals surface area contributed by atoms with Gasteiger partial charge in [0.2, 0.25) is 5.91 Å². The zero-order valence-corrected chi connectivity index (χ0v) is 11.6. The summed E-state index contributed by atoms with van der Waals surface area (Å²) in [6, 6.07) is -1.60. The molecule has 0 unspecified atom stereocenters. The van der Waals surface area contributed by atoms with Crippen LogP contribution in [0, 0.1) is 0 Å². The summed E-state index contributed by atoms with van der Waals surface area (Å²) >= 11 is 0. The van der Waals surface area contributed by atoms with Crippen molar-refractivity contribution in [3.05, 3.63) is 0 Å². The van der Waals surface area contributed by atoms with Crippen LogP contribution in [0.15, 0.2) is 0 Å². The molecular weight excluding hydrogens is 252 g/mol. The average Bonchev–Trinajstić information content (AvgIpc) is 2.56. The molecular formula is C12H20N2O5. The first-order valence-electron chi connectivity index (χ1n) is 6.14. The maximum Gasteiger partial charge on any atom is 0.408 e. The van der Waals surface area contributed by atoms with Gasteiger partial charge < -0.3 is 20.1 Å². The van der Waals surface area contributed by atoms with E-state index >= 15 is 0 Å². The topological polar surface area (TPSA) is 95.9 Å². The number of likely N-dealkylation sites (tertiary alicyclic amines) is 1. The van der Waals surface area contributed by atoms with Crippen molar-refractivity contribution in [1.29, 1.82) is 0 Å². The van der Waals surface area contributed by atoms with Gasteiger partial charge in [0, 0.05) is 6.54 Å². The lowest BCUT2D eigenvalue weighted by molar-refractivity contribution is -0.147. The lowest BCUT2D eigenvalue weighted by Gasteiger charge is -2.23. The Bertz CT molecular complexity index is 388. The van der Waals surface area contributed by atoms with Crippen molar-refractivity contribution >= 4 is 18.0 Å². The highest BCUT2D eigenvalue weighted by atomic mass is 16.6. The van der Waals surface area contributed by atoms with Crippen molar-refractivity contribution in [3.8, 4) is 0 Å². The first kappa shape index (κ1) is 15.3. The Labute approximate surface area is 111 Å². The van der Waals surface area contributed by atoms with Gasteiger partial charge in [-0.05, 0) is 34.1 Å². The second kappa shape index (κ2) is 5.46. The van der Waals surface area contributed by atoms with Crippen molar-refractivity contribution in [1.82, 2.24) is 10.2 Å². The van der Waals surface area contributed by atoms with Crippen LogP contribution >= 0.6 is 0 Å². The van der Waals surface area contributed by atoms with Crippen LogP contribution in [-0.2, 0) is 14.3 Å². The minimum Gasteiger partial charge on any atom is -0.480 e. The summed E-state index contributed by atoms with van der Waals surface area (Å²) in [5.41, 5.74) is -0.639. The van der Waals surface area contributed by atoms with E-state index in [-0.39, 0.29) is 5.91 Å². The van der Waals surface area contributed by atoms with Gasteiger partial charge in [-0.25, -0.2) is 9.59 Å². The zero-order valence-electron chi connectivity index (χ0n) is 11.6. The van der Waals surface area contributed by atoms with Crippen LogP contribution in [0.25, 0.3) is 0 Å². The highest BCUT2D eigenvalue weighted by Gasteiger charge is 2.38. The third-order valence-corrected chi connectivity index (χ3v) is 2.76. The third-order valence-electron chi connectivity index (χ3n) is 2.76. The fourth-order valence-corrected chi connectivity index (χ4v) is 1.80. The predicted octanol–water partition coefficient (Wildman–Crippen LogP) is 0.585. The lowest BCUT2D eigenvalue weighted by Crippen LogP contribution is -2.47. The summed E-state index contributed by atoms with van der Waals surface area (Å²) < 4.78 is 5.05. The summed E-state index contributed by atoms with van der Waals surface area (Å²) in [6.45, 7) is 6.93. The molecule has 0 spiro atoms. The number of aliphatic carboxylic acids is 1. The summed E-state index contributed by atoms with van der Waals surface area (Å²) in [5.74, 6) is -1.45. The number of hydrogen-bond acceptors (Lipinski definition) is 4. The molecule has 0 saturated carbocycles. The zero-order chi connectivity index (χ0) is 14.8. The Morgan fingerprint density at radius 2 is 2.05 bits per heavy atom. The molecule has 1 saturated heterocycles. The summed E-state index contributed by atoms with van der Waals surface area (Å²) in [5, 5.41) is 11.3. The molecule has 0 bridgehead atoms. The number of alkyl carbamates (subject to hydrolysis) is 1. The van der Waals surface area contributed by atoms with Gasteiger partial charge in [0.25, 0.3) is 0 Å². The van der Waals surface area contributed by atoms with Gasteiger partial charge in [-0.15, -0.1) is 0 Å². The average molecular weight is 272 g/mol. The van der Waals surface area contributed by atoms with Crippen molar-refractivity contribution < 1.29 is 24.2 Å². The van der Waals surface area contributed by atoms with Gasteiger partial charge in [-0.3, -0.25) is 4.79 Å². The van der Waals surface area contributed by atoms with Crippen LogP contribution in [0.3, 0.4) is 0 Å². The molecule has 2 N–H and O–H groups in total. The quantitative estimate of drug-likeness (QED) is 0.783. The number of nitrogens with one attached hydrogen (secondary N) is 1. The SMILES string of the molecule is C[C@@H](C(=O)O)N1CC[C@@H](NC(=O)OC(C)(C)C)C1=O. The number of rotatable bonds is 3. The summed E-state index contributed by atoms with van der Waals surface area (Å²) in [7, 11) is 0. The van der Waals surface area contributed by atoms with E-state index in [0.29, 0.717) is 13.0 Å². The van der Waals surface area contributed by atoms with E-state index in [1.165, 1.54) is 11.8 Å². The van der Waals surface area contributed by atoms with Gasteiger partial charge in [-0.2, -0.15) is 0 Å². The second-order valence-electron chi connectivity index (χ2n) is 5.53. The number of nitrogens with zero attached hydrogens (tertiary/aromatic N) is 1. The third kappa shape index (κ3) is 4.11. The van der Waals surface area contributed by atoms with E-state index in [2.05, 4.69) is 5.32 Å². The molecule has 108 valence electrons. The van der Waals surface area contributed by atoms with Crippen LogP contribution in [-0.4, -0.2) is 52.2 Å². The van der Waals surface area contributed by atoms with Crippen LogP contribution in [0.5, 0.6) is 0 Å². The summed E-state index contributed by atoms with van der Waals surface area (Å²) in [4.78, 5) is 35.6. The van der Waals surface area contributed by atoms with E-state index in [1.807, 2.05) is 0 Å². The fourth-order valence-electron chi connectivity index (χ4n) is 1.80. The molecule has 0 aromatic carbocycles. The lowest BCUT2D eigenvalue weighted by atomic mass is 10.2. The number of carboxylic acid groups (broad SMARTS) is 1. The number of ether oxygens (including phenoxy) is 1. The Kier molecular flexibility index (Phi) is 4.39. The van der Waals surface area contributed by atoms with Crippen molar-refractivity contribution in [2.45, 2.75) is 51.8 Å². The Balaban J connectivity index is 2.57. The largest absolute Gasteiger partial charge is 0.480 e. The van der Waals surface area contributed by atoms with Crippen molar-refractivity contribution in [2.24, 2.45) is 0 Å². The van der Waals surface area contributed by atoms with E-state index in [4.69, 9.17) is 9.84 Å². The Hall–Kier alpha value is -1.79. The molecule has 7 heteroatoms. The van der Waals surface area contributed by atoms with E-state index in [0.717, 1.165) is 0 Å². The smallest absolute Gasteiger partial charge is 0.408 e. The van der Waals surface area contributed by atoms with Crippen molar-refractivity contribution in [2.75, 3.05) is 6.54 Å². The monoisotopic (exact) mass is 272 g/mol. The van der Waals surface area contributed by atoms with Crippen LogP contribution < -0.4 is 5.32 Å². The molecule has 1 aliphatic heterocycles. The normalized spacial score (nSPS) is 21.2. The minimum atomic E-state index is -1.06. The molecule has 19 heavy (non-hydrogen) atoms. The van der Waals surface area contributed by atoms with Gasteiger partial charge >= 0.3 is 12.1 Å². The van der Waals surface area contributed by atoms with Crippen LogP contribution in [0.2, 0.25) is 0 Å². The highest BCUT2D eigenvalue weighted by molar-refractivity contribution is 5.90. The molecule has 7 nitrogen and oxygen atoms in total. The predicted molar refractivity (Wildman–Crippen MR) is 66.6 cm³/mol. The fraction of sp³-hybridized carbons (Fsp3) is 0.750. The highest BCUT2D eigenvalue weighted by Crippen LogP contribution is 2.15. The molecule has 0 aliphatic carbocycles. The van der Waals surface area contributed by atoms with Gasteiger partial charge in [-0.1, -0.05) is 0 Å². The molecule has 0 aromatic heterocycles. The maximum absolute atomic E-state index is 11.9. The Morgan fingerprint density at radius 1 is 1.47 bits per heavy atom. The van der Waals surface area contributed by atoms with Gasteiger partial charge in [0.05, 0.1) is 0 Å². The molecule has 0 radical (unpaired) electrons. The Morgan fingerprint density at radius 3 is 2.53 bits per heavy atom. The van der Waals surface area contributed by atoms with E-state index < -0.39 is 29.7 Å². The molecule has 0 aromatic rings. The van der Waals surface area contributed by atoms with E-state index in [9.17, 15) is 14.4 Å². The first-order chi connectivity index (χ1) is 8.61. The number of carbonyl (C=O) groups is 3. The number of amides is 2. The molecule has 1 rings (SSSR count). The molecule has 1 fully saturated rings. The number of carbonyl (C=O) groups excluding carboxylic acids is 2. The van der Waals surface area contributed by atoms with Gasteiger partial charge in [0.15, 0.2) is 0 Å². The molecule has 1 aliphatic rings. The minimum absolute atomic E-state index is 0.312. The first-order valence-corrected chi connectivity index (χ1v) is 6.14. The van der Waals surface area contributed by atoms with Crippen LogP contribution in [0.4, 0.5) is 4.79 Å². The standard InChI is InChI=1S/C12H20N2O5/c1-7(10(16)17)14-6-5-8(9(14)15)13-11(18)19-12(2,3)4/h7-8H,5-6H2,1-4H3,(H,13,18)(H,16,17)/t7-,8+/m0/s1. The van der Waals surface area contributed by atoms with Crippen molar-refractivity contribution in [3.63, 3.8) is 0 Å². The molecule has 2 atom stereocenters. The maximum atomic E-state index is 11.9. The number of carboxylic acids is 1.